The number of hydrogen-bond acceptors (Lipinski definition) is 4. The number of nitriles is 1. The summed E-state index contributed by atoms with van der Waals surface area (Å²) in [7, 11) is 0. The second-order valence-electron chi connectivity index (χ2n) is 8.22. The molecule has 3 aromatic carbocycles. The van der Waals surface area contributed by atoms with Gasteiger partial charge < -0.3 is 14.8 Å². The quantitative estimate of drug-likeness (QED) is 0.168. The van der Waals surface area contributed by atoms with Crippen molar-refractivity contribution in [1.29, 1.82) is 5.26 Å². The van der Waals surface area contributed by atoms with Crippen LogP contribution in [0, 0.1) is 28.7 Å². The zero-order valence-electron chi connectivity index (χ0n) is 20.4. The maximum Gasteiger partial charge on any atom is 0.266 e. The molecule has 1 amide bonds. The monoisotopic (exact) mass is 580 g/mol. The summed E-state index contributed by atoms with van der Waals surface area (Å²) in [5, 5.41) is 12.4. The van der Waals surface area contributed by atoms with Crippen LogP contribution < -0.4 is 14.8 Å². The number of halogens is 1. The van der Waals surface area contributed by atoms with Gasteiger partial charge in [-0.15, -0.1) is 0 Å². The molecule has 0 saturated carbocycles. The van der Waals surface area contributed by atoms with Gasteiger partial charge in [-0.25, -0.2) is 0 Å². The Morgan fingerprint density at radius 2 is 1.69 bits per heavy atom. The minimum atomic E-state index is -0.458. The third-order valence-electron chi connectivity index (χ3n) is 5.29. The first-order chi connectivity index (χ1) is 16.8. The summed E-state index contributed by atoms with van der Waals surface area (Å²) in [6, 6.07) is 19.6. The SMILES string of the molecule is CCOc1cc(/C=C(\C#N)C(=O)Nc2ccc(CC)cc2)cc(I)c1OCc1cc(C)cc(C)c1. The number of amides is 1. The summed E-state index contributed by atoms with van der Waals surface area (Å²) in [6.45, 7) is 8.98. The van der Waals surface area contributed by atoms with Gasteiger partial charge in [-0.05, 0) is 96.8 Å². The average molecular weight is 580 g/mol. The van der Waals surface area contributed by atoms with Gasteiger partial charge in [0.1, 0.15) is 18.2 Å². The van der Waals surface area contributed by atoms with Crippen molar-refractivity contribution in [3.63, 3.8) is 0 Å². The molecule has 0 atom stereocenters. The summed E-state index contributed by atoms with van der Waals surface area (Å²) in [4.78, 5) is 12.7. The van der Waals surface area contributed by atoms with E-state index in [-0.39, 0.29) is 5.57 Å². The molecule has 3 rings (SSSR count). The minimum Gasteiger partial charge on any atom is -0.490 e. The number of rotatable bonds is 9. The Morgan fingerprint density at radius 1 is 1.00 bits per heavy atom. The highest BCUT2D eigenvalue weighted by molar-refractivity contribution is 14.1. The summed E-state index contributed by atoms with van der Waals surface area (Å²) >= 11 is 2.19. The lowest BCUT2D eigenvalue weighted by molar-refractivity contribution is -0.112. The standard InChI is InChI=1S/C29H29IN2O3/c1-5-21-7-9-25(10-8-21)32-29(33)24(17-31)14-22-15-26(30)28(27(16-22)34-6-2)35-18-23-12-19(3)11-20(4)13-23/h7-16H,5-6,18H2,1-4H3,(H,32,33)/b24-14+. The highest BCUT2D eigenvalue weighted by Crippen LogP contribution is 2.35. The van der Waals surface area contributed by atoms with Crippen LogP contribution >= 0.6 is 22.6 Å². The molecule has 35 heavy (non-hydrogen) atoms. The third-order valence-corrected chi connectivity index (χ3v) is 6.09. The molecular weight excluding hydrogens is 551 g/mol. The van der Waals surface area contributed by atoms with Gasteiger partial charge in [0.25, 0.3) is 5.91 Å². The zero-order valence-corrected chi connectivity index (χ0v) is 22.6. The summed E-state index contributed by atoms with van der Waals surface area (Å²) in [6.07, 6.45) is 2.48. The Balaban J connectivity index is 1.83. The molecule has 0 radical (unpaired) electrons. The number of nitrogens with one attached hydrogen (secondary N) is 1. The van der Waals surface area contributed by atoms with Crippen LogP contribution in [0.25, 0.3) is 6.08 Å². The number of anilines is 1. The van der Waals surface area contributed by atoms with Crippen LogP contribution in [0.5, 0.6) is 11.5 Å². The van der Waals surface area contributed by atoms with E-state index in [0.717, 1.165) is 15.6 Å². The van der Waals surface area contributed by atoms with E-state index in [4.69, 9.17) is 9.47 Å². The highest BCUT2D eigenvalue weighted by Gasteiger charge is 2.15. The van der Waals surface area contributed by atoms with Crippen LogP contribution in [-0.2, 0) is 17.8 Å². The van der Waals surface area contributed by atoms with E-state index in [2.05, 4.69) is 66.9 Å². The number of aryl methyl sites for hydroxylation is 3. The van der Waals surface area contributed by atoms with Gasteiger partial charge in [0.2, 0.25) is 0 Å². The van der Waals surface area contributed by atoms with Gasteiger partial charge in [0.05, 0.1) is 10.2 Å². The first-order valence-electron chi connectivity index (χ1n) is 11.5. The molecule has 0 aliphatic carbocycles. The second-order valence-corrected chi connectivity index (χ2v) is 9.38. The summed E-state index contributed by atoms with van der Waals surface area (Å²) in [5.41, 5.74) is 5.97. The van der Waals surface area contributed by atoms with Crippen molar-refractivity contribution < 1.29 is 14.3 Å². The van der Waals surface area contributed by atoms with Crippen LogP contribution in [0.3, 0.4) is 0 Å². The molecule has 0 aliphatic rings. The van der Waals surface area contributed by atoms with Crippen molar-refractivity contribution in [2.75, 3.05) is 11.9 Å². The van der Waals surface area contributed by atoms with Crippen LogP contribution in [0.15, 0.2) is 60.2 Å². The van der Waals surface area contributed by atoms with Crippen molar-refractivity contribution in [1.82, 2.24) is 0 Å². The van der Waals surface area contributed by atoms with E-state index in [9.17, 15) is 10.1 Å². The molecule has 0 bridgehead atoms. The molecule has 0 fully saturated rings. The molecule has 0 heterocycles. The molecule has 0 saturated heterocycles. The third kappa shape index (κ3) is 7.33. The Labute approximate surface area is 220 Å². The Morgan fingerprint density at radius 3 is 2.29 bits per heavy atom. The van der Waals surface area contributed by atoms with Crippen molar-refractivity contribution in [2.45, 2.75) is 40.7 Å². The van der Waals surface area contributed by atoms with E-state index < -0.39 is 5.91 Å². The van der Waals surface area contributed by atoms with Crippen molar-refractivity contribution in [3.05, 3.63) is 91.6 Å². The summed E-state index contributed by atoms with van der Waals surface area (Å²) in [5.74, 6) is 0.755. The Bertz CT molecular complexity index is 1250. The second kappa shape index (κ2) is 12.4. The number of ether oxygens (including phenoxy) is 2. The number of carbonyl (C=O) groups excluding carboxylic acids is 1. The normalized spacial score (nSPS) is 11.0. The fourth-order valence-electron chi connectivity index (χ4n) is 3.72. The first-order valence-corrected chi connectivity index (χ1v) is 12.6. The molecule has 1 N–H and O–H groups in total. The van der Waals surface area contributed by atoms with Gasteiger partial charge in [-0.1, -0.05) is 48.4 Å². The largest absolute Gasteiger partial charge is 0.490 e. The van der Waals surface area contributed by atoms with Crippen LogP contribution in [0.1, 0.15) is 41.7 Å². The fraction of sp³-hybridized carbons (Fsp3) is 0.241. The van der Waals surface area contributed by atoms with Crippen molar-refractivity contribution in [3.8, 4) is 17.6 Å². The first kappa shape index (κ1) is 26.3. The lowest BCUT2D eigenvalue weighted by Crippen LogP contribution is -2.13. The molecule has 0 unspecified atom stereocenters. The lowest BCUT2D eigenvalue weighted by atomic mass is 10.1. The number of nitrogens with zero attached hydrogens (tertiary/aromatic N) is 1. The van der Waals surface area contributed by atoms with Crippen LogP contribution in [0.2, 0.25) is 0 Å². The molecule has 0 aromatic heterocycles. The smallest absolute Gasteiger partial charge is 0.266 e. The number of benzene rings is 3. The molecule has 3 aromatic rings. The lowest BCUT2D eigenvalue weighted by Gasteiger charge is -2.15. The zero-order chi connectivity index (χ0) is 25.4. The van der Waals surface area contributed by atoms with Crippen molar-refractivity contribution >= 4 is 40.3 Å². The van der Waals surface area contributed by atoms with Crippen LogP contribution in [-0.4, -0.2) is 12.5 Å². The molecule has 5 nitrogen and oxygen atoms in total. The topological polar surface area (TPSA) is 71.3 Å². The predicted octanol–water partition coefficient (Wildman–Crippen LogP) is 6.99. The van der Waals surface area contributed by atoms with Crippen LogP contribution in [0.4, 0.5) is 5.69 Å². The van der Waals surface area contributed by atoms with Gasteiger partial charge >= 0.3 is 0 Å². The molecule has 6 heteroatoms. The van der Waals surface area contributed by atoms with Crippen molar-refractivity contribution in [2.24, 2.45) is 0 Å². The maximum absolute atomic E-state index is 12.7. The summed E-state index contributed by atoms with van der Waals surface area (Å²) < 4.78 is 12.8. The fourth-order valence-corrected chi connectivity index (χ4v) is 4.50. The van der Waals surface area contributed by atoms with Gasteiger partial charge in [-0.3, -0.25) is 4.79 Å². The van der Waals surface area contributed by atoms with E-state index in [1.165, 1.54) is 16.7 Å². The van der Waals surface area contributed by atoms with E-state index >= 15 is 0 Å². The molecule has 180 valence electrons. The Kier molecular flexibility index (Phi) is 9.32. The van der Waals surface area contributed by atoms with Gasteiger partial charge in [0.15, 0.2) is 11.5 Å². The van der Waals surface area contributed by atoms with Gasteiger partial charge in [0, 0.05) is 5.69 Å². The molecule has 0 spiro atoms. The minimum absolute atomic E-state index is 0.00622. The molecular formula is C29H29IN2O3. The maximum atomic E-state index is 12.7. The molecule has 0 aliphatic heterocycles. The van der Waals surface area contributed by atoms with E-state index in [0.29, 0.717) is 36.0 Å². The van der Waals surface area contributed by atoms with E-state index in [1.54, 1.807) is 12.1 Å². The number of hydrogen-bond donors (Lipinski definition) is 1. The highest BCUT2D eigenvalue weighted by atomic mass is 127. The van der Waals surface area contributed by atoms with Gasteiger partial charge in [-0.2, -0.15) is 5.26 Å². The van der Waals surface area contributed by atoms with E-state index in [1.807, 2.05) is 43.3 Å². The predicted molar refractivity (Wildman–Crippen MR) is 149 cm³/mol. The number of carbonyl (C=O) groups is 1. The Hall–Kier alpha value is -3.31. The average Bonchev–Trinajstić information content (AvgIpc) is 2.82.